The van der Waals surface area contributed by atoms with Crippen LogP contribution in [-0.2, 0) is 14.3 Å². The molecule has 4 rings (SSSR count). The average Bonchev–Trinajstić information content (AvgIpc) is 3.01. The molecule has 7 heteroatoms. The molecule has 1 N–H and O–H groups in total. The first-order chi connectivity index (χ1) is 14.2. The predicted octanol–water partition coefficient (Wildman–Crippen LogP) is 3.90. The number of hydrogen-bond donors (Lipinski definition) is 1. The maximum atomic E-state index is 13.4. The summed E-state index contributed by atoms with van der Waals surface area (Å²) in [6, 6.07) is 18.4. The number of fused-ring (bicyclic) bond motifs is 1. The molecular formula is C23H24BrNO4S. The number of nitrogens with zero attached hydrogens (tertiary/aromatic N) is 1. The molecule has 0 bridgehead atoms. The van der Waals surface area contributed by atoms with E-state index < -0.39 is 33.3 Å². The van der Waals surface area contributed by atoms with Crippen LogP contribution in [0.3, 0.4) is 0 Å². The Morgan fingerprint density at radius 3 is 2.07 bits per heavy atom. The van der Waals surface area contributed by atoms with Crippen LogP contribution in [0.2, 0.25) is 0 Å². The average molecular weight is 490 g/mol. The largest absolute Gasteiger partial charge is 0.451 e. The Labute approximate surface area is 188 Å². The Morgan fingerprint density at radius 1 is 1.10 bits per heavy atom. The van der Waals surface area contributed by atoms with Crippen LogP contribution in [0.15, 0.2) is 60.7 Å². The van der Waals surface area contributed by atoms with Gasteiger partial charge in [0.15, 0.2) is 10.4 Å². The Bertz CT molecular complexity index is 913. The van der Waals surface area contributed by atoms with Crippen molar-refractivity contribution >= 4 is 39.6 Å². The molecule has 2 aliphatic rings. The van der Waals surface area contributed by atoms with Gasteiger partial charge in [-0.1, -0.05) is 76.6 Å². The van der Waals surface area contributed by atoms with Gasteiger partial charge in [-0.05, 0) is 31.9 Å². The summed E-state index contributed by atoms with van der Waals surface area (Å²) >= 11 is 4.95. The minimum Gasteiger partial charge on any atom is -0.451 e. The second-order valence-corrected chi connectivity index (χ2v) is 11.3. The molecule has 0 aliphatic carbocycles. The molecular weight excluding hydrogens is 466 g/mol. The Morgan fingerprint density at radius 2 is 1.60 bits per heavy atom. The molecule has 0 unspecified atom stereocenters. The van der Waals surface area contributed by atoms with Gasteiger partial charge in [-0.3, -0.25) is 4.79 Å². The number of alkyl halides is 1. The lowest BCUT2D eigenvalue weighted by molar-refractivity contribution is -0.169. The lowest BCUT2D eigenvalue weighted by Crippen LogP contribution is -2.74. The van der Waals surface area contributed by atoms with Crippen molar-refractivity contribution in [2.75, 3.05) is 0 Å². The number of aliphatic hydroxyl groups is 1. The van der Waals surface area contributed by atoms with Crippen molar-refractivity contribution in [1.82, 2.24) is 4.90 Å². The molecule has 0 saturated carbocycles. The molecule has 5 nitrogen and oxygen atoms in total. The molecule has 158 valence electrons. The van der Waals surface area contributed by atoms with Crippen LogP contribution in [0.1, 0.15) is 38.0 Å². The van der Waals surface area contributed by atoms with Crippen LogP contribution in [0.5, 0.6) is 0 Å². The number of rotatable bonds is 5. The van der Waals surface area contributed by atoms with Gasteiger partial charge in [0.05, 0.1) is 6.10 Å². The van der Waals surface area contributed by atoms with Crippen LogP contribution < -0.4 is 0 Å². The highest BCUT2D eigenvalue weighted by molar-refractivity contribution is 9.10. The molecule has 1 amide bonds. The molecule has 0 spiro atoms. The SMILES string of the molecule is C[C@H](O)[C@@]1(Br)C(=O)N2[C@@H](C(=O)OC(c3ccccc3)c3ccccc3)C(C)(C)S[C@@H]21. The van der Waals surface area contributed by atoms with Gasteiger partial charge < -0.3 is 14.7 Å². The van der Waals surface area contributed by atoms with E-state index in [2.05, 4.69) is 15.9 Å². The van der Waals surface area contributed by atoms with Crippen molar-refractivity contribution in [3.63, 3.8) is 0 Å². The minimum atomic E-state index is -1.07. The summed E-state index contributed by atoms with van der Waals surface area (Å²) in [6.07, 6.45) is -1.44. The normalized spacial score (nSPS) is 28.1. The van der Waals surface area contributed by atoms with Crippen LogP contribution in [0.25, 0.3) is 0 Å². The zero-order valence-corrected chi connectivity index (χ0v) is 19.4. The zero-order chi connectivity index (χ0) is 21.7. The maximum absolute atomic E-state index is 13.4. The molecule has 2 heterocycles. The predicted molar refractivity (Wildman–Crippen MR) is 120 cm³/mol. The Balaban J connectivity index is 1.64. The molecule has 30 heavy (non-hydrogen) atoms. The van der Waals surface area contributed by atoms with Crippen LogP contribution >= 0.6 is 27.7 Å². The summed E-state index contributed by atoms with van der Waals surface area (Å²) in [7, 11) is 0. The van der Waals surface area contributed by atoms with Gasteiger partial charge in [0.1, 0.15) is 11.4 Å². The highest BCUT2D eigenvalue weighted by atomic mass is 79.9. The van der Waals surface area contributed by atoms with Crippen molar-refractivity contribution in [2.24, 2.45) is 0 Å². The fraction of sp³-hybridized carbons (Fsp3) is 0.391. The van der Waals surface area contributed by atoms with E-state index in [-0.39, 0.29) is 11.3 Å². The highest BCUT2D eigenvalue weighted by Gasteiger charge is 2.72. The fourth-order valence-electron chi connectivity index (χ4n) is 4.18. The number of esters is 1. The lowest BCUT2D eigenvalue weighted by Gasteiger charge is -2.51. The molecule has 0 radical (unpaired) electrons. The topological polar surface area (TPSA) is 66.8 Å². The third-order valence-electron chi connectivity index (χ3n) is 5.80. The summed E-state index contributed by atoms with van der Waals surface area (Å²) in [6.45, 7) is 5.46. The van der Waals surface area contributed by atoms with Gasteiger partial charge in [-0.25, -0.2) is 4.79 Å². The third kappa shape index (κ3) is 3.27. The summed E-state index contributed by atoms with van der Waals surface area (Å²) in [5.74, 6) is -0.723. The van der Waals surface area contributed by atoms with Crippen LogP contribution in [-0.4, -0.2) is 48.5 Å². The second-order valence-electron chi connectivity index (χ2n) is 8.27. The van der Waals surface area contributed by atoms with E-state index >= 15 is 0 Å². The smallest absolute Gasteiger partial charge is 0.331 e. The number of β-lactam (4-membered cyclic amide) rings is 1. The number of carbonyl (C=O) groups is 2. The first kappa shape index (κ1) is 21.4. The summed E-state index contributed by atoms with van der Waals surface area (Å²) < 4.78 is 4.42. The van der Waals surface area contributed by atoms with Crippen molar-refractivity contribution in [1.29, 1.82) is 0 Å². The lowest BCUT2D eigenvalue weighted by atomic mass is 9.88. The number of aliphatic hydroxyl groups excluding tert-OH is 1. The monoisotopic (exact) mass is 489 g/mol. The standard InChI is InChI=1S/C23H24BrNO4S/c1-14(26)23(24)20(28)25-18(22(2,3)30-21(23)25)19(27)29-17(15-10-6-4-7-11-15)16-12-8-5-9-13-16/h4-14,17-18,21,26H,1-3H3/t14-,18-,21+,23+/m0/s1. The van der Waals surface area contributed by atoms with E-state index in [1.807, 2.05) is 74.5 Å². The maximum Gasteiger partial charge on any atom is 0.331 e. The van der Waals surface area contributed by atoms with Crippen molar-refractivity contribution < 1.29 is 19.4 Å². The number of carbonyl (C=O) groups excluding carboxylic acids is 2. The highest BCUT2D eigenvalue weighted by Crippen LogP contribution is 2.59. The van der Waals surface area contributed by atoms with Crippen LogP contribution in [0, 0.1) is 0 Å². The molecule has 0 aromatic heterocycles. The van der Waals surface area contributed by atoms with Crippen molar-refractivity contribution in [3.05, 3.63) is 71.8 Å². The summed E-state index contributed by atoms with van der Waals surface area (Å²) in [5, 5.41) is 9.83. The van der Waals surface area contributed by atoms with Crippen LogP contribution in [0.4, 0.5) is 0 Å². The van der Waals surface area contributed by atoms with Gasteiger partial charge in [0, 0.05) is 4.75 Å². The number of benzene rings is 2. The first-order valence-corrected chi connectivity index (χ1v) is 11.5. The molecule has 2 aromatic rings. The van der Waals surface area contributed by atoms with Crippen molar-refractivity contribution in [2.45, 2.75) is 53.5 Å². The minimum absolute atomic E-state index is 0.279. The Hall–Kier alpha value is -1.83. The van der Waals surface area contributed by atoms with Gasteiger partial charge in [0.25, 0.3) is 0 Å². The van der Waals surface area contributed by atoms with Gasteiger partial charge >= 0.3 is 5.97 Å². The zero-order valence-electron chi connectivity index (χ0n) is 17.0. The van der Waals surface area contributed by atoms with E-state index in [0.29, 0.717) is 0 Å². The third-order valence-corrected chi connectivity index (χ3v) is 9.19. The van der Waals surface area contributed by atoms with Gasteiger partial charge in [-0.15, -0.1) is 11.8 Å². The number of ether oxygens (including phenoxy) is 1. The summed E-state index contributed by atoms with van der Waals surface area (Å²) in [4.78, 5) is 27.9. The number of hydrogen-bond acceptors (Lipinski definition) is 5. The first-order valence-electron chi connectivity index (χ1n) is 9.86. The van der Waals surface area contributed by atoms with E-state index in [1.54, 1.807) is 11.8 Å². The van der Waals surface area contributed by atoms with E-state index in [9.17, 15) is 14.7 Å². The molecule has 4 atom stereocenters. The quantitative estimate of drug-likeness (QED) is 0.391. The number of amides is 1. The van der Waals surface area contributed by atoms with E-state index in [0.717, 1.165) is 11.1 Å². The second kappa shape index (κ2) is 7.70. The molecule has 2 aliphatic heterocycles. The summed E-state index contributed by atoms with van der Waals surface area (Å²) in [5.41, 5.74) is 1.73. The fourth-order valence-corrected chi connectivity index (χ4v) is 6.60. The van der Waals surface area contributed by atoms with Gasteiger partial charge in [-0.2, -0.15) is 0 Å². The Kier molecular flexibility index (Phi) is 5.49. The van der Waals surface area contributed by atoms with Crippen molar-refractivity contribution in [3.8, 4) is 0 Å². The molecule has 2 aromatic carbocycles. The number of thioether (sulfide) groups is 1. The van der Waals surface area contributed by atoms with E-state index in [1.165, 1.54) is 11.8 Å². The molecule has 2 saturated heterocycles. The van der Waals surface area contributed by atoms with Gasteiger partial charge in [0.2, 0.25) is 5.91 Å². The van der Waals surface area contributed by atoms with E-state index in [4.69, 9.17) is 4.74 Å². The number of halogens is 1. The molecule has 2 fully saturated rings.